The molecule has 0 fully saturated rings. The first-order valence-electron chi connectivity index (χ1n) is 3.88. The molecule has 4 heteroatoms. The molecule has 0 saturated carbocycles. The standard InChI is InChI=1S/C8H13ClN2O/c1-11-5-3-4-7(6-11)8(9)10-12-2/h4H,3,5-6H2,1-2H3/b10-8-. The maximum Gasteiger partial charge on any atom is 0.172 e. The van der Waals surface area contributed by atoms with E-state index < -0.39 is 0 Å². The van der Waals surface area contributed by atoms with Crippen LogP contribution in [0.25, 0.3) is 0 Å². The zero-order valence-electron chi connectivity index (χ0n) is 7.38. The van der Waals surface area contributed by atoms with Crippen LogP contribution in [0.1, 0.15) is 6.42 Å². The van der Waals surface area contributed by atoms with Crippen LogP contribution in [0.5, 0.6) is 0 Å². The molecule has 0 amide bonds. The third-order valence-electron chi connectivity index (χ3n) is 1.78. The van der Waals surface area contributed by atoms with Gasteiger partial charge in [0.2, 0.25) is 0 Å². The van der Waals surface area contributed by atoms with Crippen LogP contribution in [-0.2, 0) is 4.84 Å². The smallest absolute Gasteiger partial charge is 0.172 e. The molecule has 0 aromatic heterocycles. The Bertz CT molecular complexity index is 213. The van der Waals surface area contributed by atoms with Crippen LogP contribution >= 0.6 is 11.6 Å². The van der Waals surface area contributed by atoms with E-state index in [2.05, 4.69) is 28.0 Å². The lowest BCUT2D eigenvalue weighted by atomic mass is 10.1. The van der Waals surface area contributed by atoms with E-state index in [1.165, 1.54) is 7.11 Å². The summed E-state index contributed by atoms with van der Waals surface area (Å²) >= 11 is 5.86. The Hall–Kier alpha value is -0.540. The molecule has 0 spiro atoms. The van der Waals surface area contributed by atoms with Gasteiger partial charge >= 0.3 is 0 Å². The Morgan fingerprint density at radius 1 is 1.75 bits per heavy atom. The van der Waals surface area contributed by atoms with Crippen LogP contribution in [0.4, 0.5) is 0 Å². The third-order valence-corrected chi connectivity index (χ3v) is 2.09. The van der Waals surface area contributed by atoms with Gasteiger partial charge in [-0.15, -0.1) is 0 Å². The van der Waals surface area contributed by atoms with E-state index in [0.29, 0.717) is 5.17 Å². The minimum absolute atomic E-state index is 0.462. The predicted molar refractivity (Wildman–Crippen MR) is 50.5 cm³/mol. The van der Waals surface area contributed by atoms with Gasteiger partial charge in [-0.1, -0.05) is 22.8 Å². The molecule has 3 nitrogen and oxygen atoms in total. The first-order chi connectivity index (χ1) is 5.74. The first-order valence-corrected chi connectivity index (χ1v) is 4.26. The molecule has 0 aromatic carbocycles. The summed E-state index contributed by atoms with van der Waals surface area (Å²) in [6.45, 7) is 1.94. The summed E-state index contributed by atoms with van der Waals surface area (Å²) in [6.07, 6.45) is 3.13. The lowest BCUT2D eigenvalue weighted by Gasteiger charge is -2.21. The average Bonchev–Trinajstić information content (AvgIpc) is 2.05. The third kappa shape index (κ3) is 2.50. The maximum absolute atomic E-state index is 5.86. The van der Waals surface area contributed by atoms with Crippen molar-refractivity contribution in [1.82, 2.24) is 4.90 Å². The number of hydrogen-bond acceptors (Lipinski definition) is 3. The maximum atomic E-state index is 5.86. The Balaban J connectivity index is 2.62. The molecule has 1 aliphatic heterocycles. The molecule has 0 saturated heterocycles. The van der Waals surface area contributed by atoms with Gasteiger partial charge in [0.05, 0.1) is 0 Å². The number of hydrogen-bond donors (Lipinski definition) is 0. The van der Waals surface area contributed by atoms with Crippen molar-refractivity contribution in [2.24, 2.45) is 5.16 Å². The summed E-state index contributed by atoms with van der Waals surface area (Å²) in [4.78, 5) is 6.79. The van der Waals surface area contributed by atoms with Gasteiger partial charge in [0.15, 0.2) is 5.17 Å². The van der Waals surface area contributed by atoms with Crippen LogP contribution in [0.2, 0.25) is 0 Å². The molecule has 68 valence electrons. The van der Waals surface area contributed by atoms with Crippen molar-refractivity contribution in [3.05, 3.63) is 11.6 Å². The fourth-order valence-electron chi connectivity index (χ4n) is 1.18. The molecule has 0 unspecified atom stereocenters. The molecular formula is C8H13ClN2O. The van der Waals surface area contributed by atoms with Crippen molar-refractivity contribution in [2.45, 2.75) is 6.42 Å². The second-order valence-electron chi connectivity index (χ2n) is 2.82. The minimum Gasteiger partial charge on any atom is -0.398 e. The van der Waals surface area contributed by atoms with Crippen molar-refractivity contribution >= 4 is 16.8 Å². The van der Waals surface area contributed by atoms with E-state index in [1.54, 1.807) is 0 Å². The van der Waals surface area contributed by atoms with Crippen molar-refractivity contribution in [1.29, 1.82) is 0 Å². The van der Waals surface area contributed by atoms with Crippen molar-refractivity contribution in [3.8, 4) is 0 Å². The van der Waals surface area contributed by atoms with Gasteiger partial charge in [0.1, 0.15) is 7.11 Å². The number of oxime groups is 1. The van der Waals surface area contributed by atoms with E-state index in [-0.39, 0.29) is 0 Å². The van der Waals surface area contributed by atoms with Gasteiger partial charge in [-0.3, -0.25) is 0 Å². The number of nitrogens with zero attached hydrogens (tertiary/aromatic N) is 2. The largest absolute Gasteiger partial charge is 0.398 e. The molecule has 1 heterocycles. The molecule has 0 atom stereocenters. The van der Waals surface area contributed by atoms with Gasteiger partial charge in [-0.25, -0.2) is 0 Å². The van der Waals surface area contributed by atoms with Crippen LogP contribution < -0.4 is 0 Å². The molecule has 0 bridgehead atoms. The normalized spacial score (nSPS) is 20.6. The van der Waals surface area contributed by atoms with E-state index >= 15 is 0 Å². The molecule has 0 N–H and O–H groups in total. The Morgan fingerprint density at radius 2 is 2.50 bits per heavy atom. The molecule has 0 aromatic rings. The van der Waals surface area contributed by atoms with Gasteiger partial charge < -0.3 is 9.74 Å². The summed E-state index contributed by atoms with van der Waals surface area (Å²) < 4.78 is 0. The van der Waals surface area contributed by atoms with E-state index in [9.17, 15) is 0 Å². The first kappa shape index (κ1) is 9.55. The van der Waals surface area contributed by atoms with Crippen LogP contribution in [0.15, 0.2) is 16.8 Å². The highest BCUT2D eigenvalue weighted by molar-refractivity contribution is 6.69. The predicted octanol–water partition coefficient (Wildman–Crippen LogP) is 1.45. The minimum atomic E-state index is 0.462. The molecule has 1 aliphatic rings. The molecular weight excluding hydrogens is 176 g/mol. The number of likely N-dealkylation sites (N-methyl/N-ethyl adjacent to an activating group) is 1. The number of rotatable bonds is 2. The lowest BCUT2D eigenvalue weighted by molar-refractivity contribution is 0.214. The van der Waals surface area contributed by atoms with Crippen molar-refractivity contribution < 1.29 is 4.84 Å². The monoisotopic (exact) mass is 188 g/mol. The van der Waals surface area contributed by atoms with E-state index in [1.807, 2.05) is 0 Å². The summed E-state index contributed by atoms with van der Waals surface area (Å²) in [5.41, 5.74) is 1.05. The van der Waals surface area contributed by atoms with Crippen molar-refractivity contribution in [2.75, 3.05) is 27.2 Å². The second-order valence-corrected chi connectivity index (χ2v) is 3.18. The van der Waals surface area contributed by atoms with Crippen LogP contribution in [-0.4, -0.2) is 37.3 Å². The lowest BCUT2D eigenvalue weighted by Crippen LogP contribution is -2.27. The topological polar surface area (TPSA) is 24.8 Å². The fraction of sp³-hybridized carbons (Fsp3) is 0.625. The van der Waals surface area contributed by atoms with Gasteiger partial charge in [-0.05, 0) is 13.5 Å². The second kappa shape index (κ2) is 4.48. The Labute approximate surface area is 77.6 Å². The van der Waals surface area contributed by atoms with Crippen molar-refractivity contribution in [3.63, 3.8) is 0 Å². The van der Waals surface area contributed by atoms with E-state index in [0.717, 1.165) is 25.1 Å². The SMILES string of the molecule is CO/N=C(\Cl)C1=CCCN(C)C1. The Morgan fingerprint density at radius 3 is 3.08 bits per heavy atom. The highest BCUT2D eigenvalue weighted by Crippen LogP contribution is 2.11. The molecule has 0 radical (unpaired) electrons. The zero-order valence-corrected chi connectivity index (χ0v) is 8.14. The van der Waals surface area contributed by atoms with Gasteiger partial charge in [0, 0.05) is 18.7 Å². The average molecular weight is 189 g/mol. The summed E-state index contributed by atoms with van der Waals surface area (Å²) in [5, 5.41) is 4.13. The molecule has 0 aliphatic carbocycles. The van der Waals surface area contributed by atoms with Crippen LogP contribution in [0.3, 0.4) is 0 Å². The zero-order chi connectivity index (χ0) is 8.97. The highest BCUT2D eigenvalue weighted by atomic mass is 35.5. The van der Waals surface area contributed by atoms with Gasteiger partial charge in [0.25, 0.3) is 0 Å². The summed E-state index contributed by atoms with van der Waals surface area (Å²) in [5.74, 6) is 0. The number of halogens is 1. The summed E-state index contributed by atoms with van der Waals surface area (Å²) in [6, 6.07) is 0. The Kier molecular flexibility index (Phi) is 3.56. The van der Waals surface area contributed by atoms with Crippen LogP contribution in [0, 0.1) is 0 Å². The fourth-order valence-corrected chi connectivity index (χ4v) is 1.39. The van der Waals surface area contributed by atoms with Gasteiger partial charge in [-0.2, -0.15) is 0 Å². The molecule has 1 rings (SSSR count). The summed E-state index contributed by atoms with van der Waals surface area (Å²) in [7, 11) is 3.56. The highest BCUT2D eigenvalue weighted by Gasteiger charge is 2.12. The van der Waals surface area contributed by atoms with E-state index in [4.69, 9.17) is 11.6 Å². The molecule has 12 heavy (non-hydrogen) atoms. The quantitative estimate of drug-likeness (QED) is 0.484.